The van der Waals surface area contributed by atoms with E-state index in [1.54, 1.807) is 0 Å². The first-order valence-corrected chi connectivity index (χ1v) is 12.8. The van der Waals surface area contributed by atoms with Crippen LogP contribution in [0.25, 0.3) is 0 Å². The van der Waals surface area contributed by atoms with Gasteiger partial charge in [-0.3, -0.25) is 0 Å². The van der Waals surface area contributed by atoms with Crippen LogP contribution in [0.4, 0.5) is 0 Å². The first kappa shape index (κ1) is 28.0. The van der Waals surface area contributed by atoms with Gasteiger partial charge in [0.25, 0.3) is 0 Å². The summed E-state index contributed by atoms with van der Waals surface area (Å²) in [5, 5.41) is 12.3. The first-order valence-electron chi connectivity index (χ1n) is 12.8. The summed E-state index contributed by atoms with van der Waals surface area (Å²) >= 11 is 0. The van der Waals surface area contributed by atoms with Gasteiger partial charge in [0, 0.05) is 10.8 Å². The maximum Gasteiger partial charge on any atom is 1.00 e. The van der Waals surface area contributed by atoms with Gasteiger partial charge >= 0.3 is 51.4 Å². The number of piperidine rings is 1. The molecule has 182 valence electrons. The van der Waals surface area contributed by atoms with Crippen molar-refractivity contribution in [2.45, 2.75) is 30.1 Å². The molecule has 1 heterocycles. The number of nitrogens with zero attached hydrogens (tertiary/aromatic N) is 1. The second-order valence-electron chi connectivity index (χ2n) is 9.83. The van der Waals surface area contributed by atoms with Crippen LogP contribution in [0.2, 0.25) is 0 Å². The van der Waals surface area contributed by atoms with Crippen LogP contribution in [0.5, 0.6) is 0 Å². The molecule has 5 rings (SSSR count). The summed E-state index contributed by atoms with van der Waals surface area (Å²) in [7, 11) is 0. The third kappa shape index (κ3) is 5.70. The van der Waals surface area contributed by atoms with Gasteiger partial charge < -0.3 is 14.8 Å². The number of hydrogen-bond acceptors (Lipinski definition) is 3. The van der Waals surface area contributed by atoms with Crippen molar-refractivity contribution in [3.63, 3.8) is 0 Å². The summed E-state index contributed by atoms with van der Waals surface area (Å²) in [4.78, 5) is 14.8. The summed E-state index contributed by atoms with van der Waals surface area (Å²) in [6.45, 7) is 2.34. The van der Waals surface area contributed by atoms with Gasteiger partial charge in [0.1, 0.15) is 0 Å². The van der Waals surface area contributed by atoms with E-state index in [2.05, 4.69) is 95.9 Å². The minimum atomic E-state index is -0.958. The largest absolute Gasteiger partial charge is 1.00 e. The van der Waals surface area contributed by atoms with Crippen LogP contribution in [0, 0.1) is 0 Å². The molecule has 37 heavy (non-hydrogen) atoms. The van der Waals surface area contributed by atoms with E-state index in [-0.39, 0.29) is 56.8 Å². The van der Waals surface area contributed by atoms with Crippen LogP contribution in [-0.2, 0) is 15.6 Å². The number of carboxylic acids is 1. The van der Waals surface area contributed by atoms with E-state index < -0.39 is 11.4 Å². The third-order valence-corrected chi connectivity index (χ3v) is 8.03. The molecule has 0 atom stereocenters. The fraction of sp³-hybridized carbons (Fsp3) is 0.242. The maximum absolute atomic E-state index is 12.3. The first-order chi connectivity index (χ1) is 17.6. The molecule has 1 aliphatic heterocycles. The predicted molar refractivity (Wildman–Crippen MR) is 143 cm³/mol. The van der Waals surface area contributed by atoms with E-state index in [0.717, 1.165) is 31.6 Å². The Balaban J connectivity index is 0.00000320. The number of rotatable bonds is 8. The molecule has 0 N–H and O–H groups in total. The van der Waals surface area contributed by atoms with Crippen molar-refractivity contribution < 1.29 is 61.3 Å². The zero-order chi connectivity index (χ0) is 24.8. The van der Waals surface area contributed by atoms with E-state index in [4.69, 9.17) is 0 Å². The van der Waals surface area contributed by atoms with E-state index in [1.807, 2.05) is 30.3 Å². The number of aliphatic carboxylic acids is 1. The molecule has 0 radical (unpaired) electrons. The molecule has 0 unspecified atom stereocenters. The van der Waals surface area contributed by atoms with Crippen LogP contribution in [-0.4, -0.2) is 30.5 Å². The number of carboxylic acid groups (broad SMARTS) is 1. The third-order valence-electron chi connectivity index (χ3n) is 8.03. The number of carbonyl (C=O) groups is 1. The molecule has 0 saturated carbocycles. The normalized spacial score (nSPS) is 15.5. The van der Waals surface area contributed by atoms with Crippen LogP contribution < -0.4 is 56.5 Å². The Hall–Kier alpha value is -2.05. The van der Waals surface area contributed by atoms with Crippen LogP contribution >= 0.6 is 0 Å². The van der Waals surface area contributed by atoms with Crippen molar-refractivity contribution >= 4 is 5.97 Å². The van der Waals surface area contributed by atoms with Crippen molar-refractivity contribution in [2.24, 2.45) is 0 Å². The zero-order valence-electron chi connectivity index (χ0n) is 21.6. The number of hydrogen-bond donors (Lipinski definition) is 0. The van der Waals surface area contributed by atoms with Gasteiger partial charge in [-0.1, -0.05) is 121 Å². The SMILES string of the molecule is O=C([O-])C1(c2ccccc2)CCN(CCC(c2ccccc2)(c2ccccc2)c2ccccc2)CC1.[K+]. The predicted octanol–water partition coefficient (Wildman–Crippen LogP) is 2.20. The Kier molecular flexibility index (Phi) is 9.57. The van der Waals surface area contributed by atoms with E-state index in [0.29, 0.717) is 12.8 Å². The number of likely N-dealkylation sites (tertiary alicyclic amines) is 1. The molecule has 4 aromatic carbocycles. The van der Waals surface area contributed by atoms with Crippen molar-refractivity contribution in [1.29, 1.82) is 0 Å². The maximum atomic E-state index is 12.3. The summed E-state index contributed by atoms with van der Waals surface area (Å²) in [6, 6.07) is 41.9. The Labute approximate surface area is 263 Å². The number of benzene rings is 4. The molecule has 4 aromatic rings. The van der Waals surface area contributed by atoms with Crippen molar-refractivity contribution in [1.82, 2.24) is 4.90 Å². The average molecular weight is 514 g/mol. The van der Waals surface area contributed by atoms with Crippen LogP contribution in [0.15, 0.2) is 121 Å². The summed E-state index contributed by atoms with van der Waals surface area (Å²) in [5.41, 5.74) is 3.46. The molecule has 4 heteroatoms. The molecule has 0 bridgehead atoms. The molecule has 0 aromatic heterocycles. The zero-order valence-corrected chi connectivity index (χ0v) is 24.7. The fourth-order valence-electron chi connectivity index (χ4n) is 5.95. The Morgan fingerprint density at radius 3 is 1.43 bits per heavy atom. The smallest absolute Gasteiger partial charge is 0.549 e. The molecule has 0 aliphatic carbocycles. The monoisotopic (exact) mass is 513 g/mol. The topological polar surface area (TPSA) is 43.4 Å². The fourth-order valence-corrected chi connectivity index (χ4v) is 5.95. The summed E-state index contributed by atoms with van der Waals surface area (Å²) in [5.74, 6) is -0.958. The quantitative estimate of drug-likeness (QED) is 0.268. The minimum absolute atomic E-state index is 0. The van der Waals surface area contributed by atoms with Gasteiger partial charge in [-0.25, -0.2) is 0 Å². The van der Waals surface area contributed by atoms with Gasteiger partial charge in [0.15, 0.2) is 0 Å². The molecular formula is C33H32KNO2. The second-order valence-corrected chi connectivity index (χ2v) is 9.83. The molecule has 1 saturated heterocycles. The van der Waals surface area contributed by atoms with Gasteiger partial charge in [0.2, 0.25) is 0 Å². The Bertz CT molecular complexity index is 1160. The molecule has 0 amide bonds. The molecular weight excluding hydrogens is 481 g/mol. The average Bonchev–Trinajstić information content (AvgIpc) is 2.96. The van der Waals surface area contributed by atoms with Gasteiger partial charge in [-0.15, -0.1) is 0 Å². The van der Waals surface area contributed by atoms with Gasteiger partial charge in [-0.05, 0) is 61.2 Å². The van der Waals surface area contributed by atoms with Gasteiger partial charge in [0.05, 0.1) is 5.97 Å². The van der Waals surface area contributed by atoms with Gasteiger partial charge in [-0.2, -0.15) is 0 Å². The second kappa shape index (κ2) is 12.7. The van der Waals surface area contributed by atoms with Crippen LogP contribution in [0.1, 0.15) is 41.5 Å². The van der Waals surface area contributed by atoms with Crippen molar-refractivity contribution in [3.8, 4) is 0 Å². The molecule has 1 fully saturated rings. The van der Waals surface area contributed by atoms with Crippen molar-refractivity contribution in [3.05, 3.63) is 144 Å². The summed E-state index contributed by atoms with van der Waals surface area (Å²) in [6.07, 6.45) is 2.03. The molecule has 0 spiro atoms. The molecule has 1 aliphatic rings. The number of carbonyl (C=O) groups excluding carboxylic acids is 1. The van der Waals surface area contributed by atoms with Crippen LogP contribution in [0.3, 0.4) is 0 Å². The Morgan fingerprint density at radius 1 is 0.676 bits per heavy atom. The van der Waals surface area contributed by atoms with E-state index >= 15 is 0 Å². The van der Waals surface area contributed by atoms with E-state index in [9.17, 15) is 9.90 Å². The van der Waals surface area contributed by atoms with Crippen molar-refractivity contribution in [2.75, 3.05) is 19.6 Å². The van der Waals surface area contributed by atoms with E-state index in [1.165, 1.54) is 16.7 Å². The minimum Gasteiger partial charge on any atom is -0.549 e. The Morgan fingerprint density at radius 2 is 1.05 bits per heavy atom. The standard InChI is InChI=1S/C33H33NO2.K/c35-31(36)32(27-13-5-1-6-14-27)21-24-34(25-22-32)26-23-33(28-15-7-2-8-16-28,29-17-9-3-10-18-29)30-19-11-4-12-20-30;/h1-20H,21-26H2,(H,35,36);/q;+1/p-1. The molecule has 3 nitrogen and oxygen atoms in total. The summed E-state index contributed by atoms with van der Waals surface area (Å²) < 4.78 is 0.